The number of hydrogen-bond acceptors (Lipinski definition) is 6. The molecular weight excluding hydrogens is 451 g/mol. The van der Waals surface area contributed by atoms with Gasteiger partial charge in [0.2, 0.25) is 5.82 Å². The van der Waals surface area contributed by atoms with E-state index in [0.717, 1.165) is 4.88 Å². The molecule has 0 aliphatic carbocycles. The number of rotatable bonds is 4. The molecule has 0 unspecified atom stereocenters. The summed E-state index contributed by atoms with van der Waals surface area (Å²) in [4.78, 5) is 18.5. The van der Waals surface area contributed by atoms with Crippen LogP contribution in [0.25, 0.3) is 16.4 Å². The van der Waals surface area contributed by atoms with E-state index < -0.39 is 21.8 Å². The lowest BCUT2D eigenvalue weighted by Crippen LogP contribution is -2.34. The lowest BCUT2D eigenvalue weighted by atomic mass is 10.0. The fourth-order valence-electron chi connectivity index (χ4n) is 3.70. The van der Waals surface area contributed by atoms with E-state index in [1.54, 1.807) is 36.4 Å². The van der Waals surface area contributed by atoms with Crippen LogP contribution in [0.4, 0.5) is 4.39 Å². The predicted octanol–water partition coefficient (Wildman–Crippen LogP) is 3.78. The van der Waals surface area contributed by atoms with Crippen molar-refractivity contribution in [2.24, 2.45) is 0 Å². The number of fused-ring (bicyclic) bond motifs is 1. The van der Waals surface area contributed by atoms with Crippen LogP contribution in [0, 0.1) is 5.82 Å². The number of benzene rings is 2. The normalized spacial score (nSPS) is 17.0. The third-order valence-corrected chi connectivity index (χ3v) is 7.91. The Labute approximate surface area is 187 Å². The second-order valence-electron chi connectivity index (χ2n) is 7.30. The summed E-state index contributed by atoms with van der Waals surface area (Å²) in [5.74, 6) is -0.530. The molecule has 10 heteroatoms. The second kappa shape index (κ2) is 7.95. The van der Waals surface area contributed by atoms with Crippen molar-refractivity contribution in [2.45, 2.75) is 17.4 Å². The highest BCUT2D eigenvalue weighted by Gasteiger charge is 2.32. The molecule has 32 heavy (non-hydrogen) atoms. The maximum absolute atomic E-state index is 13.4. The number of halogens is 1. The minimum absolute atomic E-state index is 0.0488. The largest absolute Gasteiger partial charge is 0.342 e. The van der Waals surface area contributed by atoms with Gasteiger partial charge in [0, 0.05) is 0 Å². The number of hydrogen-bond donors (Lipinski definition) is 1. The molecule has 0 radical (unpaired) electrons. The number of thiophene rings is 1. The Hall–Kier alpha value is -3.37. The van der Waals surface area contributed by atoms with Gasteiger partial charge in [-0.2, -0.15) is 0 Å². The molecule has 1 N–H and O–H groups in total. The van der Waals surface area contributed by atoms with Crippen molar-refractivity contribution >= 4 is 27.1 Å². The number of amides is 1. The Bertz CT molecular complexity index is 1400. The van der Waals surface area contributed by atoms with E-state index in [4.69, 9.17) is 0 Å². The Morgan fingerprint density at radius 3 is 2.62 bits per heavy atom. The monoisotopic (exact) mass is 468 g/mol. The molecule has 0 saturated heterocycles. The molecule has 2 aromatic carbocycles. The summed E-state index contributed by atoms with van der Waals surface area (Å²) >= 11 is 1.44. The molecule has 5 rings (SSSR count). The Balaban J connectivity index is 1.50. The van der Waals surface area contributed by atoms with Gasteiger partial charge in [0.05, 0.1) is 27.3 Å². The zero-order valence-electron chi connectivity index (χ0n) is 16.6. The number of nitrogens with one attached hydrogen (secondary N) is 1. The first-order valence-electron chi connectivity index (χ1n) is 9.82. The van der Waals surface area contributed by atoms with Crippen molar-refractivity contribution in [1.29, 1.82) is 0 Å². The zero-order valence-corrected chi connectivity index (χ0v) is 18.2. The molecule has 7 nitrogen and oxygen atoms in total. The predicted molar refractivity (Wildman–Crippen MR) is 118 cm³/mol. The summed E-state index contributed by atoms with van der Waals surface area (Å²) in [6.45, 7) is 0. The van der Waals surface area contributed by atoms with Gasteiger partial charge in [0.15, 0.2) is 15.7 Å². The van der Waals surface area contributed by atoms with E-state index in [2.05, 4.69) is 15.4 Å². The van der Waals surface area contributed by atoms with Crippen LogP contribution in [-0.4, -0.2) is 34.8 Å². The quantitative estimate of drug-likeness (QED) is 0.492. The van der Waals surface area contributed by atoms with Crippen LogP contribution in [0.5, 0.6) is 0 Å². The number of carbonyl (C=O) groups excluding carboxylic acids is 1. The van der Waals surface area contributed by atoms with Crippen molar-refractivity contribution in [1.82, 2.24) is 20.1 Å². The first-order valence-corrected chi connectivity index (χ1v) is 12.3. The summed E-state index contributed by atoms with van der Waals surface area (Å²) < 4.78 is 39.6. The molecule has 1 aliphatic heterocycles. The Morgan fingerprint density at radius 2 is 1.88 bits per heavy atom. The van der Waals surface area contributed by atoms with Gasteiger partial charge < -0.3 is 5.32 Å². The molecular formula is C22H17FN4O3S2. The molecule has 1 amide bonds. The number of carbonyl (C=O) groups is 1. The van der Waals surface area contributed by atoms with E-state index in [1.165, 1.54) is 28.2 Å². The SMILES string of the molecule is O=C(N[C@H]1CCS(=O)(=O)c2ccccc21)c1nc(-c2cccs2)n(-c2ccc(F)cc2)n1. The Morgan fingerprint density at radius 1 is 1.09 bits per heavy atom. The van der Waals surface area contributed by atoms with E-state index in [9.17, 15) is 17.6 Å². The summed E-state index contributed by atoms with van der Waals surface area (Å²) in [6.07, 6.45) is 0.265. The molecule has 2 aromatic heterocycles. The fourth-order valence-corrected chi connectivity index (χ4v) is 6.02. The number of nitrogens with zero attached hydrogens (tertiary/aromatic N) is 3. The number of aromatic nitrogens is 3. The van der Waals surface area contributed by atoms with Crippen molar-refractivity contribution < 1.29 is 17.6 Å². The highest BCUT2D eigenvalue weighted by molar-refractivity contribution is 7.91. The smallest absolute Gasteiger partial charge is 0.291 e. The summed E-state index contributed by atoms with van der Waals surface area (Å²) in [7, 11) is -3.36. The minimum atomic E-state index is -3.36. The topological polar surface area (TPSA) is 94.0 Å². The maximum atomic E-state index is 13.4. The van der Waals surface area contributed by atoms with E-state index in [-0.39, 0.29) is 28.7 Å². The van der Waals surface area contributed by atoms with Crippen molar-refractivity contribution in [2.75, 3.05) is 5.75 Å². The standard InChI is InChI=1S/C22H17FN4O3S2/c23-14-7-9-15(10-8-14)27-21(18-5-3-12-31-18)25-20(26-27)22(28)24-17-11-13-32(29,30)19-6-2-1-4-16(17)19/h1-10,12,17H,11,13H2,(H,24,28)/t17-/m0/s1. The maximum Gasteiger partial charge on any atom is 0.291 e. The van der Waals surface area contributed by atoms with Gasteiger partial charge >= 0.3 is 0 Å². The highest BCUT2D eigenvalue weighted by atomic mass is 32.2. The third kappa shape index (κ3) is 3.71. The van der Waals surface area contributed by atoms with Crippen LogP contribution in [0.3, 0.4) is 0 Å². The first kappa shape index (κ1) is 20.5. The van der Waals surface area contributed by atoms with Gasteiger partial charge in [0.1, 0.15) is 5.82 Å². The van der Waals surface area contributed by atoms with E-state index in [1.807, 2.05) is 17.5 Å². The Kier molecular flexibility index (Phi) is 5.10. The van der Waals surface area contributed by atoms with Crippen LogP contribution < -0.4 is 5.32 Å². The van der Waals surface area contributed by atoms with Gasteiger partial charge in [-0.25, -0.2) is 22.5 Å². The highest BCUT2D eigenvalue weighted by Crippen LogP contribution is 2.32. The summed E-state index contributed by atoms with van der Waals surface area (Å²) in [5, 5.41) is 9.14. The summed E-state index contributed by atoms with van der Waals surface area (Å²) in [6, 6.07) is 15.7. The molecule has 0 spiro atoms. The van der Waals surface area contributed by atoms with Crippen molar-refractivity contribution in [3.8, 4) is 16.4 Å². The molecule has 0 fully saturated rings. The van der Waals surface area contributed by atoms with Gasteiger partial charge in [-0.3, -0.25) is 4.79 Å². The second-order valence-corrected chi connectivity index (χ2v) is 10.3. The summed E-state index contributed by atoms with van der Waals surface area (Å²) in [5.41, 5.74) is 1.12. The van der Waals surface area contributed by atoms with Gasteiger partial charge in [-0.1, -0.05) is 24.3 Å². The number of sulfone groups is 1. The molecule has 162 valence electrons. The average molecular weight is 469 g/mol. The van der Waals surface area contributed by atoms with Crippen LogP contribution in [-0.2, 0) is 9.84 Å². The van der Waals surface area contributed by atoms with Crippen molar-refractivity contribution in [3.63, 3.8) is 0 Å². The van der Waals surface area contributed by atoms with Crippen molar-refractivity contribution in [3.05, 3.63) is 83.2 Å². The van der Waals surface area contributed by atoms with E-state index in [0.29, 0.717) is 17.1 Å². The van der Waals surface area contributed by atoms with Gasteiger partial charge in [0.25, 0.3) is 5.91 Å². The third-order valence-electron chi connectivity index (χ3n) is 5.23. The first-order chi connectivity index (χ1) is 15.4. The van der Waals surface area contributed by atoms with Crippen LogP contribution in [0.2, 0.25) is 0 Å². The van der Waals surface area contributed by atoms with Crippen LogP contribution in [0.15, 0.2) is 70.9 Å². The minimum Gasteiger partial charge on any atom is -0.342 e. The molecule has 4 aromatic rings. The van der Waals surface area contributed by atoms with Gasteiger partial charge in [-0.15, -0.1) is 16.4 Å². The van der Waals surface area contributed by atoms with Crippen LogP contribution in [0.1, 0.15) is 28.6 Å². The average Bonchev–Trinajstić information content (AvgIpc) is 3.46. The fraction of sp³-hybridized carbons (Fsp3) is 0.136. The lowest BCUT2D eigenvalue weighted by Gasteiger charge is -2.25. The molecule has 1 atom stereocenters. The molecule has 1 aliphatic rings. The molecule has 0 saturated carbocycles. The van der Waals surface area contributed by atoms with Crippen LogP contribution >= 0.6 is 11.3 Å². The molecule has 3 heterocycles. The van der Waals surface area contributed by atoms with Gasteiger partial charge in [-0.05, 0) is 53.8 Å². The lowest BCUT2D eigenvalue weighted by molar-refractivity contribution is 0.0924. The molecule has 0 bridgehead atoms. The van der Waals surface area contributed by atoms with E-state index >= 15 is 0 Å². The zero-order chi connectivity index (χ0) is 22.3.